The van der Waals surface area contributed by atoms with Crippen molar-refractivity contribution in [1.29, 1.82) is 0 Å². The number of hydrogen-bond acceptors (Lipinski definition) is 4. The molecule has 0 aliphatic heterocycles. The fourth-order valence-corrected chi connectivity index (χ4v) is 3.49. The van der Waals surface area contributed by atoms with Crippen molar-refractivity contribution >= 4 is 20.2 Å². The van der Waals surface area contributed by atoms with Crippen molar-refractivity contribution in [1.82, 2.24) is 20.6 Å². The van der Waals surface area contributed by atoms with Crippen molar-refractivity contribution in [3.63, 3.8) is 0 Å². The molecule has 0 unspecified atom stereocenters. The molecule has 1 aliphatic rings. The summed E-state index contributed by atoms with van der Waals surface area (Å²) in [5.74, 6) is 0. The van der Waals surface area contributed by atoms with E-state index >= 15 is 0 Å². The minimum atomic E-state index is 0.194. The van der Waals surface area contributed by atoms with Crippen LogP contribution in [0.4, 0.5) is 0 Å². The van der Waals surface area contributed by atoms with Gasteiger partial charge in [0.25, 0.3) is 0 Å². The van der Waals surface area contributed by atoms with E-state index in [1.807, 2.05) is 26.0 Å². The summed E-state index contributed by atoms with van der Waals surface area (Å²) in [7, 11) is 9.53. The van der Waals surface area contributed by atoms with E-state index in [-0.39, 0.29) is 13.1 Å². The Hall–Kier alpha value is -0.681. The molecule has 1 aliphatic carbocycles. The fraction of sp³-hybridized carbons (Fsp3) is 0.500. The molecule has 2 atom stereocenters. The molecule has 7 heteroatoms. The summed E-state index contributed by atoms with van der Waals surface area (Å²) < 4.78 is 0. The number of aryl methyl sites for hydroxylation is 2. The molecule has 150 valence electrons. The van der Waals surface area contributed by atoms with Gasteiger partial charge in [-0.15, -0.1) is 0 Å². The Balaban J connectivity index is 0.000000817. The number of nitrogens with one attached hydrogen (secondary N) is 2. The van der Waals surface area contributed by atoms with Crippen molar-refractivity contribution in [2.45, 2.75) is 64.7 Å². The number of nitrogens with zero attached hydrogens (tertiary/aromatic N) is 2. The second-order valence-corrected chi connectivity index (χ2v) is 8.67. The monoisotopic (exact) mass is 450 g/mol. The molecule has 0 aromatic carbocycles. The second kappa shape index (κ2) is 12.7. The van der Waals surface area contributed by atoms with E-state index in [4.69, 9.17) is 20.2 Å². The van der Waals surface area contributed by atoms with Crippen LogP contribution in [0.3, 0.4) is 0 Å². The number of pyridine rings is 2. The van der Waals surface area contributed by atoms with Crippen LogP contribution in [0.25, 0.3) is 0 Å². The topological polar surface area (TPSA) is 49.8 Å². The Labute approximate surface area is 177 Å². The van der Waals surface area contributed by atoms with Crippen LogP contribution in [0.1, 0.15) is 48.5 Å². The van der Waals surface area contributed by atoms with Crippen LogP contribution in [-0.4, -0.2) is 22.1 Å². The van der Waals surface area contributed by atoms with E-state index in [1.54, 1.807) is 0 Å². The van der Waals surface area contributed by atoms with Crippen molar-refractivity contribution in [2.75, 3.05) is 0 Å². The maximum atomic E-state index is 4.76. The van der Waals surface area contributed by atoms with Gasteiger partial charge in [0.05, 0.1) is 11.4 Å². The normalized spacial score (nSPS) is 19.4. The third kappa shape index (κ3) is 8.47. The van der Waals surface area contributed by atoms with Crippen molar-refractivity contribution in [3.8, 4) is 0 Å². The summed E-state index contributed by atoms with van der Waals surface area (Å²) in [5, 5.41) is 7.43. The average molecular weight is 451 g/mol. The Kier molecular flexibility index (Phi) is 10.6. The van der Waals surface area contributed by atoms with Gasteiger partial charge in [0.15, 0.2) is 0 Å². The van der Waals surface area contributed by atoms with Gasteiger partial charge >= 0.3 is 33.3 Å². The van der Waals surface area contributed by atoms with Gasteiger partial charge in [-0.25, -0.2) is 0 Å². The van der Waals surface area contributed by atoms with Crippen molar-refractivity contribution < 1.29 is 13.1 Å². The number of rotatable bonds is 6. The van der Waals surface area contributed by atoms with Crippen LogP contribution in [0, 0.1) is 13.8 Å². The number of aromatic nitrogens is 2. The molecule has 2 aromatic rings. The first kappa shape index (κ1) is 22.6. The summed E-state index contributed by atoms with van der Waals surface area (Å²) in [5.41, 5.74) is 4.41. The SMILES string of the molecule is Cc1cccc(CN[C@H]2CCCC[C@@H]2NCc2cccc(C)n2)n1.[Cl][Fe][Cl]. The molecule has 2 heterocycles. The fourth-order valence-electron chi connectivity index (χ4n) is 3.49. The quantitative estimate of drug-likeness (QED) is 0.628. The van der Waals surface area contributed by atoms with Gasteiger partial charge in [-0.1, -0.05) is 25.0 Å². The van der Waals surface area contributed by atoms with Crippen molar-refractivity contribution in [3.05, 3.63) is 59.2 Å². The third-order valence-electron chi connectivity index (χ3n) is 4.75. The predicted octanol–water partition coefficient (Wildman–Crippen LogP) is 4.66. The number of halogens is 2. The molecule has 27 heavy (non-hydrogen) atoms. The molecule has 4 nitrogen and oxygen atoms in total. The van der Waals surface area contributed by atoms with Gasteiger partial charge < -0.3 is 10.6 Å². The average Bonchev–Trinajstić information content (AvgIpc) is 2.66. The summed E-state index contributed by atoms with van der Waals surface area (Å²) in [6.07, 6.45) is 5.06. The zero-order valence-electron chi connectivity index (χ0n) is 15.9. The van der Waals surface area contributed by atoms with Crippen molar-refractivity contribution in [2.24, 2.45) is 0 Å². The molecule has 1 saturated carbocycles. The predicted molar refractivity (Wildman–Crippen MR) is 109 cm³/mol. The van der Waals surface area contributed by atoms with Gasteiger partial charge in [0, 0.05) is 36.6 Å². The van der Waals surface area contributed by atoms with Crippen LogP contribution in [0.5, 0.6) is 0 Å². The van der Waals surface area contributed by atoms with Crippen LogP contribution in [0.15, 0.2) is 36.4 Å². The Morgan fingerprint density at radius 2 is 1.26 bits per heavy atom. The molecule has 2 N–H and O–H groups in total. The molecular formula is C20H28Cl2FeN4. The molecule has 0 amide bonds. The standard InChI is InChI=1S/C20H28N4.2ClH.Fe/c1-15-7-5-9-17(23-15)13-21-19-11-3-4-12-20(19)22-14-18-10-6-8-16(2)24-18;;;/h5-10,19-22H,3-4,11-14H2,1-2H3;2*1H;/q;;;+2/p-2/t19-,20-;;;/m0.../s1. The second-order valence-electron chi connectivity index (χ2n) is 6.85. The molecule has 1 fully saturated rings. The van der Waals surface area contributed by atoms with E-state index in [9.17, 15) is 0 Å². The van der Waals surface area contributed by atoms with E-state index in [1.165, 1.54) is 25.7 Å². The van der Waals surface area contributed by atoms with E-state index in [2.05, 4.69) is 44.9 Å². The van der Waals surface area contributed by atoms with E-state index in [0.29, 0.717) is 12.1 Å². The Bertz CT molecular complexity index is 629. The Morgan fingerprint density at radius 1 is 0.852 bits per heavy atom. The summed E-state index contributed by atoms with van der Waals surface area (Å²) in [6.45, 7) is 5.77. The van der Waals surface area contributed by atoms with Gasteiger partial charge in [-0.05, 0) is 51.0 Å². The van der Waals surface area contributed by atoms with Crippen LogP contribution in [0.2, 0.25) is 0 Å². The molecule has 2 aromatic heterocycles. The summed E-state index contributed by atoms with van der Waals surface area (Å²) in [6, 6.07) is 13.5. The van der Waals surface area contributed by atoms with Gasteiger partial charge in [-0.2, -0.15) is 0 Å². The first-order chi connectivity index (χ1) is 13.1. The Morgan fingerprint density at radius 3 is 1.63 bits per heavy atom. The molecular weight excluding hydrogens is 423 g/mol. The maximum absolute atomic E-state index is 4.76. The minimum absolute atomic E-state index is 0.194. The van der Waals surface area contributed by atoms with Gasteiger partial charge in [0.1, 0.15) is 0 Å². The molecule has 0 bridgehead atoms. The summed E-state index contributed by atoms with van der Waals surface area (Å²) in [4.78, 5) is 9.19. The number of hydrogen-bond donors (Lipinski definition) is 2. The van der Waals surface area contributed by atoms with Gasteiger partial charge in [0.2, 0.25) is 0 Å². The first-order valence-electron chi connectivity index (χ1n) is 9.29. The molecule has 0 radical (unpaired) electrons. The summed E-state index contributed by atoms with van der Waals surface area (Å²) >= 11 is 0.194. The van der Waals surface area contributed by atoms with Crippen LogP contribution >= 0.6 is 20.2 Å². The third-order valence-corrected chi connectivity index (χ3v) is 4.75. The zero-order chi connectivity index (χ0) is 19.5. The van der Waals surface area contributed by atoms with E-state index < -0.39 is 0 Å². The molecule has 0 spiro atoms. The van der Waals surface area contributed by atoms with Crippen LogP contribution in [-0.2, 0) is 26.2 Å². The molecule has 3 rings (SSSR count). The molecule has 0 saturated heterocycles. The van der Waals surface area contributed by atoms with E-state index in [0.717, 1.165) is 35.9 Å². The van der Waals surface area contributed by atoms with Crippen LogP contribution < -0.4 is 10.6 Å². The first-order valence-corrected chi connectivity index (χ1v) is 12.3. The zero-order valence-corrected chi connectivity index (χ0v) is 18.5. The van der Waals surface area contributed by atoms with Gasteiger partial charge in [-0.3, -0.25) is 9.97 Å².